The average molecular weight is 265 g/mol. The SMILES string of the molecule is Cc1ccc(C(=O)N=C(N)N)c2cccnc12.Cl. The van der Waals surface area contributed by atoms with Gasteiger partial charge in [0.05, 0.1) is 11.1 Å². The van der Waals surface area contributed by atoms with Crippen LogP contribution in [-0.2, 0) is 0 Å². The minimum atomic E-state index is -0.456. The van der Waals surface area contributed by atoms with Crippen LogP contribution in [0.3, 0.4) is 0 Å². The Morgan fingerprint density at radius 1 is 1.28 bits per heavy atom. The molecule has 1 aromatic carbocycles. The highest BCUT2D eigenvalue weighted by molar-refractivity contribution is 6.10. The number of nitrogens with two attached hydrogens (primary N) is 2. The van der Waals surface area contributed by atoms with Gasteiger partial charge < -0.3 is 11.5 Å². The summed E-state index contributed by atoms with van der Waals surface area (Å²) < 4.78 is 0. The van der Waals surface area contributed by atoms with E-state index in [1.54, 1.807) is 18.3 Å². The van der Waals surface area contributed by atoms with Crippen LogP contribution >= 0.6 is 12.4 Å². The fraction of sp³-hybridized carbons (Fsp3) is 0.0833. The number of benzene rings is 1. The van der Waals surface area contributed by atoms with Gasteiger partial charge in [0.15, 0.2) is 5.96 Å². The lowest BCUT2D eigenvalue weighted by Crippen LogP contribution is -2.24. The van der Waals surface area contributed by atoms with E-state index in [-0.39, 0.29) is 18.4 Å². The minimum Gasteiger partial charge on any atom is -0.370 e. The van der Waals surface area contributed by atoms with Crippen molar-refractivity contribution in [3.8, 4) is 0 Å². The number of hydrogen-bond acceptors (Lipinski definition) is 2. The number of fused-ring (bicyclic) bond motifs is 1. The van der Waals surface area contributed by atoms with E-state index >= 15 is 0 Å². The van der Waals surface area contributed by atoms with Gasteiger partial charge in [0.1, 0.15) is 0 Å². The van der Waals surface area contributed by atoms with E-state index in [1.165, 1.54) is 0 Å². The van der Waals surface area contributed by atoms with Crippen LogP contribution in [0, 0.1) is 6.92 Å². The molecule has 0 unspecified atom stereocenters. The van der Waals surface area contributed by atoms with Gasteiger partial charge in [-0.15, -0.1) is 12.4 Å². The van der Waals surface area contributed by atoms with Gasteiger partial charge in [-0.05, 0) is 24.6 Å². The number of aryl methyl sites for hydroxylation is 1. The quantitative estimate of drug-likeness (QED) is 0.601. The number of guanidine groups is 1. The number of pyridine rings is 1. The van der Waals surface area contributed by atoms with Crippen LogP contribution in [0.4, 0.5) is 0 Å². The second-order valence-corrected chi connectivity index (χ2v) is 3.67. The largest absolute Gasteiger partial charge is 0.370 e. The fourth-order valence-electron chi connectivity index (χ4n) is 1.68. The van der Waals surface area contributed by atoms with Gasteiger partial charge in [-0.1, -0.05) is 12.1 Å². The highest BCUT2D eigenvalue weighted by atomic mass is 35.5. The second-order valence-electron chi connectivity index (χ2n) is 3.67. The Balaban J connectivity index is 0.00000162. The van der Waals surface area contributed by atoms with Gasteiger partial charge in [0.25, 0.3) is 5.91 Å². The van der Waals surface area contributed by atoms with E-state index in [0.29, 0.717) is 5.56 Å². The van der Waals surface area contributed by atoms with Gasteiger partial charge in [-0.25, -0.2) is 0 Å². The van der Waals surface area contributed by atoms with Gasteiger partial charge in [0, 0.05) is 11.6 Å². The maximum absolute atomic E-state index is 11.8. The van der Waals surface area contributed by atoms with Crippen molar-refractivity contribution in [2.24, 2.45) is 16.5 Å². The van der Waals surface area contributed by atoms with Crippen LogP contribution in [0.15, 0.2) is 35.5 Å². The van der Waals surface area contributed by atoms with Crippen LogP contribution in [0.1, 0.15) is 15.9 Å². The Labute approximate surface area is 110 Å². The predicted octanol–water partition coefficient (Wildman–Crippen LogP) is 1.38. The Hall–Kier alpha value is -2.14. The molecule has 0 spiro atoms. The number of aliphatic imine (C=N–C) groups is 1. The molecule has 0 aliphatic rings. The van der Waals surface area contributed by atoms with E-state index in [2.05, 4.69) is 9.98 Å². The number of aromatic nitrogens is 1. The average Bonchev–Trinajstić information content (AvgIpc) is 2.29. The van der Waals surface area contributed by atoms with Gasteiger partial charge in [-0.3, -0.25) is 9.78 Å². The van der Waals surface area contributed by atoms with Crippen molar-refractivity contribution in [1.29, 1.82) is 0 Å². The summed E-state index contributed by atoms with van der Waals surface area (Å²) >= 11 is 0. The third-order valence-electron chi connectivity index (χ3n) is 2.43. The molecule has 2 aromatic rings. The standard InChI is InChI=1S/C12H12N4O.ClH/c1-7-4-5-9(11(17)16-12(13)14)8-3-2-6-15-10(7)8;/h2-6H,1H3,(H4,13,14,16,17);1H. The highest BCUT2D eigenvalue weighted by Crippen LogP contribution is 2.20. The third kappa shape index (κ3) is 2.57. The van der Waals surface area contributed by atoms with Crippen LogP contribution in [0.5, 0.6) is 0 Å². The first-order valence-corrected chi connectivity index (χ1v) is 5.08. The van der Waals surface area contributed by atoms with Crippen molar-refractivity contribution in [3.63, 3.8) is 0 Å². The van der Waals surface area contributed by atoms with Crippen LogP contribution in [0.2, 0.25) is 0 Å². The summed E-state index contributed by atoms with van der Waals surface area (Å²) in [5.74, 6) is -0.699. The Bertz CT molecular complexity index is 621. The van der Waals surface area contributed by atoms with Crippen LogP contribution in [0.25, 0.3) is 10.9 Å². The fourth-order valence-corrected chi connectivity index (χ4v) is 1.68. The summed E-state index contributed by atoms with van der Waals surface area (Å²) in [6.07, 6.45) is 1.68. The molecule has 0 fully saturated rings. The lowest BCUT2D eigenvalue weighted by atomic mass is 10.0. The number of carbonyl (C=O) groups excluding carboxylic acids is 1. The molecule has 5 nitrogen and oxygen atoms in total. The molecule has 0 aliphatic carbocycles. The molecular weight excluding hydrogens is 252 g/mol. The molecule has 6 heteroatoms. The number of rotatable bonds is 1. The van der Waals surface area contributed by atoms with E-state index in [9.17, 15) is 4.79 Å². The number of carbonyl (C=O) groups is 1. The zero-order valence-corrected chi connectivity index (χ0v) is 10.6. The zero-order valence-electron chi connectivity index (χ0n) is 9.75. The first-order valence-electron chi connectivity index (χ1n) is 5.08. The summed E-state index contributed by atoms with van der Waals surface area (Å²) in [4.78, 5) is 19.6. The Morgan fingerprint density at radius 3 is 2.67 bits per heavy atom. The Morgan fingerprint density at radius 2 is 2.00 bits per heavy atom. The molecule has 18 heavy (non-hydrogen) atoms. The van der Waals surface area contributed by atoms with Crippen molar-refractivity contribution < 1.29 is 4.79 Å². The maximum Gasteiger partial charge on any atom is 0.280 e. The molecule has 94 valence electrons. The molecule has 0 atom stereocenters. The van der Waals surface area contributed by atoms with Gasteiger partial charge >= 0.3 is 0 Å². The number of amides is 1. The molecule has 4 N–H and O–H groups in total. The maximum atomic E-state index is 11.8. The van der Waals surface area contributed by atoms with Crippen molar-refractivity contribution in [1.82, 2.24) is 4.98 Å². The van der Waals surface area contributed by atoms with E-state index in [1.807, 2.05) is 19.1 Å². The zero-order chi connectivity index (χ0) is 12.4. The molecule has 1 amide bonds. The number of halogens is 1. The van der Waals surface area contributed by atoms with E-state index < -0.39 is 5.91 Å². The molecule has 0 saturated carbocycles. The normalized spacial score (nSPS) is 9.61. The highest BCUT2D eigenvalue weighted by Gasteiger charge is 2.10. The van der Waals surface area contributed by atoms with Crippen molar-refractivity contribution in [2.45, 2.75) is 6.92 Å². The lowest BCUT2D eigenvalue weighted by molar-refractivity contribution is 0.100. The van der Waals surface area contributed by atoms with Gasteiger partial charge in [0.2, 0.25) is 0 Å². The van der Waals surface area contributed by atoms with Crippen molar-refractivity contribution >= 4 is 35.2 Å². The van der Waals surface area contributed by atoms with Crippen molar-refractivity contribution in [2.75, 3.05) is 0 Å². The molecular formula is C12H13ClN4O. The summed E-state index contributed by atoms with van der Waals surface area (Å²) in [5, 5.41) is 0.752. The molecule has 0 radical (unpaired) electrons. The van der Waals surface area contributed by atoms with Crippen LogP contribution in [-0.4, -0.2) is 16.9 Å². The van der Waals surface area contributed by atoms with Crippen LogP contribution < -0.4 is 11.5 Å². The smallest absolute Gasteiger partial charge is 0.280 e. The number of hydrogen-bond donors (Lipinski definition) is 2. The van der Waals surface area contributed by atoms with Crippen molar-refractivity contribution in [3.05, 3.63) is 41.6 Å². The molecule has 2 rings (SSSR count). The molecule has 0 aliphatic heterocycles. The van der Waals surface area contributed by atoms with E-state index in [0.717, 1.165) is 16.5 Å². The Kier molecular flexibility index (Phi) is 4.23. The molecule has 1 aromatic heterocycles. The van der Waals surface area contributed by atoms with Gasteiger partial charge in [-0.2, -0.15) is 4.99 Å². The monoisotopic (exact) mass is 264 g/mol. The summed E-state index contributed by atoms with van der Waals surface area (Å²) in [6, 6.07) is 7.12. The lowest BCUT2D eigenvalue weighted by Gasteiger charge is -2.04. The first-order chi connectivity index (χ1) is 8.09. The summed E-state index contributed by atoms with van der Waals surface area (Å²) in [6.45, 7) is 1.93. The summed E-state index contributed by atoms with van der Waals surface area (Å²) in [7, 11) is 0. The molecule has 1 heterocycles. The molecule has 0 bridgehead atoms. The third-order valence-corrected chi connectivity index (χ3v) is 2.43. The predicted molar refractivity (Wildman–Crippen MR) is 73.9 cm³/mol. The van der Waals surface area contributed by atoms with E-state index in [4.69, 9.17) is 11.5 Å². The minimum absolute atomic E-state index is 0. The second kappa shape index (κ2) is 5.46. The molecule has 0 saturated heterocycles. The topological polar surface area (TPSA) is 94.4 Å². The number of nitrogens with zero attached hydrogens (tertiary/aromatic N) is 2. The summed E-state index contributed by atoms with van der Waals surface area (Å²) in [5.41, 5.74) is 12.6. The first kappa shape index (κ1) is 13.9.